The first-order chi connectivity index (χ1) is 20.6. The molecule has 2 aliphatic rings. The maximum atomic E-state index is 9.25. The quantitative estimate of drug-likeness (QED) is 0.227. The second-order valence-corrected chi connectivity index (χ2v) is 10.8. The summed E-state index contributed by atoms with van der Waals surface area (Å²) >= 11 is 12.7. The van der Waals surface area contributed by atoms with Crippen molar-refractivity contribution in [1.82, 2.24) is 15.0 Å². The van der Waals surface area contributed by atoms with Crippen molar-refractivity contribution in [1.29, 1.82) is 0 Å². The van der Waals surface area contributed by atoms with E-state index >= 15 is 0 Å². The first-order valence-corrected chi connectivity index (χ1v) is 14.5. The van der Waals surface area contributed by atoms with E-state index in [-0.39, 0.29) is 12.6 Å². The van der Waals surface area contributed by atoms with Gasteiger partial charge in [0.1, 0.15) is 0 Å². The first kappa shape index (κ1) is 28.2. The van der Waals surface area contributed by atoms with Gasteiger partial charge in [-0.05, 0) is 41.5 Å². The molecule has 1 fully saturated rings. The van der Waals surface area contributed by atoms with E-state index in [1.165, 1.54) is 0 Å². The number of hydrazone groups is 1. The van der Waals surface area contributed by atoms with Gasteiger partial charge in [-0.25, -0.2) is 0 Å². The van der Waals surface area contributed by atoms with E-state index in [0.29, 0.717) is 60.7 Å². The van der Waals surface area contributed by atoms with E-state index in [9.17, 15) is 5.11 Å². The van der Waals surface area contributed by atoms with Crippen molar-refractivity contribution in [3.05, 3.63) is 94.0 Å². The molecule has 0 saturated carbocycles. The average Bonchev–Trinajstić information content (AvgIpc) is 3.47. The monoisotopic (exact) mass is 604 g/mol. The molecule has 3 heterocycles. The molecule has 0 bridgehead atoms. The Bertz CT molecular complexity index is 1530. The number of nitrogens with one attached hydrogen (secondary N) is 2. The van der Waals surface area contributed by atoms with Gasteiger partial charge in [-0.15, -0.1) is 0 Å². The summed E-state index contributed by atoms with van der Waals surface area (Å²) < 4.78 is 5.47. The van der Waals surface area contributed by atoms with Crippen LogP contribution in [0.2, 0.25) is 10.0 Å². The lowest BCUT2D eigenvalue weighted by molar-refractivity contribution is 0.122. The molecule has 0 radical (unpaired) electrons. The Morgan fingerprint density at radius 2 is 1.60 bits per heavy atom. The highest BCUT2D eigenvalue weighted by Gasteiger charge is 2.30. The Labute approximate surface area is 254 Å². The Morgan fingerprint density at radius 1 is 0.881 bits per heavy atom. The lowest BCUT2D eigenvalue weighted by Crippen LogP contribution is -2.37. The van der Waals surface area contributed by atoms with Gasteiger partial charge in [0.05, 0.1) is 37.3 Å². The third kappa shape index (κ3) is 6.57. The molecule has 4 aromatic rings. The van der Waals surface area contributed by atoms with E-state index < -0.39 is 0 Å². The van der Waals surface area contributed by atoms with Crippen molar-refractivity contribution in [2.45, 2.75) is 12.5 Å². The Hall–Kier alpha value is -3.96. The molecule has 1 unspecified atom stereocenters. The van der Waals surface area contributed by atoms with Crippen LogP contribution in [0.25, 0.3) is 0 Å². The predicted octanol–water partition coefficient (Wildman–Crippen LogP) is 5.52. The van der Waals surface area contributed by atoms with Crippen LogP contribution in [-0.2, 0) is 4.74 Å². The van der Waals surface area contributed by atoms with E-state index in [4.69, 9.17) is 33.0 Å². The van der Waals surface area contributed by atoms with E-state index in [1.807, 2.05) is 59.6 Å². The van der Waals surface area contributed by atoms with Gasteiger partial charge < -0.3 is 25.4 Å². The van der Waals surface area contributed by atoms with Gasteiger partial charge >= 0.3 is 0 Å². The SMILES string of the molecule is OCCNc1nc(Nc2ccc(C3=NN(c4cc(Cl)cc(Cl)c4)C(c4ccccc4)C3)cc2)nc(N2CCOCC2)n1. The molecule has 0 amide bonds. The van der Waals surface area contributed by atoms with E-state index in [0.717, 1.165) is 34.6 Å². The third-order valence-electron chi connectivity index (χ3n) is 6.99. The number of rotatable bonds is 9. The summed E-state index contributed by atoms with van der Waals surface area (Å²) in [6.45, 7) is 2.94. The number of anilines is 5. The van der Waals surface area contributed by atoms with Gasteiger partial charge in [0, 0.05) is 41.8 Å². The Kier molecular flexibility index (Phi) is 8.66. The number of aliphatic hydroxyl groups excluding tert-OH is 1. The van der Waals surface area contributed by atoms with Crippen molar-refractivity contribution >= 4 is 58.1 Å². The minimum Gasteiger partial charge on any atom is -0.395 e. The van der Waals surface area contributed by atoms with E-state index in [2.05, 4.69) is 42.6 Å². The highest BCUT2D eigenvalue weighted by molar-refractivity contribution is 6.35. The van der Waals surface area contributed by atoms with Gasteiger partial charge in [-0.2, -0.15) is 20.1 Å². The molecule has 12 heteroatoms. The van der Waals surface area contributed by atoms with Crippen LogP contribution in [0.1, 0.15) is 23.6 Å². The first-order valence-electron chi connectivity index (χ1n) is 13.7. The zero-order valence-electron chi connectivity index (χ0n) is 22.7. The number of hydrogen-bond acceptors (Lipinski definition) is 10. The summed E-state index contributed by atoms with van der Waals surface area (Å²) in [4.78, 5) is 15.7. The Balaban J connectivity index is 1.24. The van der Waals surface area contributed by atoms with Gasteiger partial charge in [0.25, 0.3) is 0 Å². The second kappa shape index (κ2) is 12.9. The molecule has 6 rings (SSSR count). The van der Waals surface area contributed by atoms with Crippen LogP contribution >= 0.6 is 23.2 Å². The van der Waals surface area contributed by atoms with Crippen LogP contribution in [0.15, 0.2) is 77.9 Å². The molecule has 216 valence electrons. The molecule has 1 atom stereocenters. The van der Waals surface area contributed by atoms with E-state index in [1.54, 1.807) is 6.07 Å². The average molecular weight is 606 g/mol. The largest absolute Gasteiger partial charge is 0.395 e. The van der Waals surface area contributed by atoms with Gasteiger partial charge in [0.15, 0.2) is 0 Å². The van der Waals surface area contributed by atoms with Crippen LogP contribution in [0.3, 0.4) is 0 Å². The van der Waals surface area contributed by atoms with Gasteiger partial charge in [0.2, 0.25) is 17.8 Å². The van der Waals surface area contributed by atoms with Crippen molar-refractivity contribution in [3.63, 3.8) is 0 Å². The lowest BCUT2D eigenvalue weighted by Gasteiger charge is -2.27. The summed E-state index contributed by atoms with van der Waals surface area (Å²) in [7, 11) is 0. The molecular formula is C30H30Cl2N8O2. The van der Waals surface area contributed by atoms with Crippen molar-refractivity contribution in [3.8, 4) is 0 Å². The zero-order chi connectivity index (χ0) is 28.9. The topological polar surface area (TPSA) is 111 Å². The van der Waals surface area contributed by atoms with Crippen molar-refractivity contribution in [2.24, 2.45) is 5.10 Å². The zero-order valence-corrected chi connectivity index (χ0v) is 24.3. The number of halogens is 2. The number of aliphatic hydroxyl groups is 1. The highest BCUT2D eigenvalue weighted by atomic mass is 35.5. The number of nitrogens with zero attached hydrogens (tertiary/aromatic N) is 6. The van der Waals surface area contributed by atoms with Crippen molar-refractivity contribution < 1.29 is 9.84 Å². The summed E-state index contributed by atoms with van der Waals surface area (Å²) in [6, 6.07) is 23.8. The molecule has 0 aliphatic carbocycles. The van der Waals surface area contributed by atoms with Gasteiger partial charge in [-0.1, -0.05) is 65.7 Å². The Morgan fingerprint density at radius 3 is 2.31 bits per heavy atom. The summed E-state index contributed by atoms with van der Waals surface area (Å²) in [5, 5.41) is 23.7. The van der Waals surface area contributed by atoms with Crippen LogP contribution in [0, 0.1) is 0 Å². The fourth-order valence-corrected chi connectivity index (χ4v) is 5.49. The smallest absolute Gasteiger partial charge is 0.233 e. The normalized spacial score (nSPS) is 16.8. The number of ether oxygens (including phenoxy) is 1. The summed E-state index contributed by atoms with van der Waals surface area (Å²) in [5.41, 5.74) is 4.78. The number of benzene rings is 3. The number of hydrogen-bond donors (Lipinski definition) is 3. The number of morpholine rings is 1. The number of aromatic nitrogens is 3. The standard InChI is InChI=1S/C30H30Cl2N8O2/c31-22-16-23(32)18-25(17-22)40-27(21-4-2-1-3-5-21)19-26(38-40)20-6-8-24(9-7-20)34-29-35-28(33-10-13-41)36-30(37-29)39-11-14-42-15-12-39/h1-9,16-18,27,41H,10-15,19H2,(H2,33,34,35,36,37). The van der Waals surface area contributed by atoms with Crippen molar-refractivity contribution in [2.75, 3.05) is 60.0 Å². The van der Waals surface area contributed by atoms with Crippen LogP contribution < -0.4 is 20.5 Å². The molecule has 1 saturated heterocycles. The fourth-order valence-electron chi connectivity index (χ4n) is 4.98. The molecular weight excluding hydrogens is 575 g/mol. The second-order valence-electron chi connectivity index (χ2n) is 9.88. The van der Waals surface area contributed by atoms with Gasteiger partial charge in [-0.3, -0.25) is 5.01 Å². The third-order valence-corrected chi connectivity index (χ3v) is 7.43. The molecule has 1 aromatic heterocycles. The van der Waals surface area contributed by atoms with Crippen LogP contribution in [-0.4, -0.2) is 65.2 Å². The minimum absolute atomic E-state index is 0.00204. The highest BCUT2D eigenvalue weighted by Crippen LogP contribution is 2.38. The van der Waals surface area contributed by atoms with Crippen LogP contribution in [0.4, 0.5) is 29.2 Å². The maximum Gasteiger partial charge on any atom is 0.233 e. The molecule has 0 spiro atoms. The minimum atomic E-state index is -0.0282. The fraction of sp³-hybridized carbons (Fsp3) is 0.267. The molecule has 3 aromatic carbocycles. The molecule has 2 aliphatic heterocycles. The molecule has 3 N–H and O–H groups in total. The predicted molar refractivity (Wildman–Crippen MR) is 167 cm³/mol. The maximum absolute atomic E-state index is 9.25. The molecule has 42 heavy (non-hydrogen) atoms. The molecule has 10 nitrogen and oxygen atoms in total. The lowest BCUT2D eigenvalue weighted by atomic mass is 9.98. The van der Waals surface area contributed by atoms with Crippen LogP contribution in [0.5, 0.6) is 0 Å². The summed E-state index contributed by atoms with van der Waals surface area (Å²) in [6.07, 6.45) is 0.719. The summed E-state index contributed by atoms with van der Waals surface area (Å²) in [5.74, 6) is 1.36.